The third kappa shape index (κ3) is 3.27. The smallest absolute Gasteiger partial charge is 0.270 e. The topological polar surface area (TPSA) is 162 Å². The van der Waals surface area contributed by atoms with Crippen molar-refractivity contribution in [2.45, 2.75) is 37.5 Å². The summed E-state index contributed by atoms with van der Waals surface area (Å²) in [4.78, 5) is 29.1. The number of hydrogen-bond donors (Lipinski definition) is 4. The van der Waals surface area contributed by atoms with E-state index in [0.717, 1.165) is 0 Å². The van der Waals surface area contributed by atoms with Crippen LogP contribution in [0, 0.1) is 24.6 Å². The first-order valence-electron chi connectivity index (χ1n) is 10.6. The number of carbonyl (C=O) groups is 2. The molecule has 0 spiro atoms. The molecule has 0 saturated heterocycles. The summed E-state index contributed by atoms with van der Waals surface area (Å²) in [6.07, 6.45) is 1.33. The summed E-state index contributed by atoms with van der Waals surface area (Å²) in [7, 11) is 1.45. The number of halogens is 1. The third-order valence-corrected chi connectivity index (χ3v) is 6.29. The van der Waals surface area contributed by atoms with Crippen molar-refractivity contribution in [3.8, 4) is 23.2 Å². The van der Waals surface area contributed by atoms with E-state index in [-0.39, 0.29) is 34.6 Å². The Kier molecular flexibility index (Phi) is 4.82. The fraction of sp³-hybridized carbons (Fsp3) is 0.304. The van der Waals surface area contributed by atoms with E-state index in [9.17, 15) is 14.7 Å². The fourth-order valence-corrected chi connectivity index (χ4v) is 4.53. The normalized spacial score (nSPS) is 19.4. The Morgan fingerprint density at radius 2 is 2.09 bits per heavy atom. The molecule has 4 heterocycles. The molecule has 174 valence electrons. The number of primary amides is 1. The predicted octanol–water partition coefficient (Wildman–Crippen LogP) is 1.03. The molecule has 1 aromatic carbocycles. The lowest BCUT2D eigenvalue weighted by Gasteiger charge is -2.35. The van der Waals surface area contributed by atoms with E-state index in [1.165, 1.54) is 25.2 Å². The number of hydrogen-bond acceptors (Lipinski definition) is 7. The standard InChI is InChI=1S/C23H21FN6O4/c1-10-5-17(29-34-10)23(26,33)4-3-11-8-15-14(9-16(11)24)12-6-13(7-12)30-19(22(32)27-2)18(20(25)31)28-21(15)30/h5,8-9,12-13,33H,6-7,26H2,1-2H3,(H2,25,31)(H,27,32). The third-order valence-electron chi connectivity index (χ3n) is 6.29. The molecule has 34 heavy (non-hydrogen) atoms. The maximum absolute atomic E-state index is 15.0. The average molecular weight is 464 g/mol. The minimum atomic E-state index is -2.16. The molecule has 6 rings (SSSR count). The number of carbonyl (C=O) groups excluding carboxylic acids is 2. The molecule has 2 bridgehead atoms. The molecule has 2 amide bonds. The molecule has 6 N–H and O–H groups in total. The fourth-order valence-electron chi connectivity index (χ4n) is 4.53. The van der Waals surface area contributed by atoms with Crippen molar-refractivity contribution in [3.05, 3.63) is 58.0 Å². The van der Waals surface area contributed by atoms with Gasteiger partial charge in [0.15, 0.2) is 5.69 Å². The van der Waals surface area contributed by atoms with E-state index in [1.54, 1.807) is 11.5 Å². The van der Waals surface area contributed by atoms with E-state index >= 15 is 4.39 Å². The molecular weight excluding hydrogens is 443 g/mol. The Labute approximate surface area is 193 Å². The number of benzene rings is 1. The van der Waals surface area contributed by atoms with E-state index < -0.39 is 23.4 Å². The van der Waals surface area contributed by atoms with Gasteiger partial charge in [0.2, 0.25) is 5.72 Å². The summed E-state index contributed by atoms with van der Waals surface area (Å²) in [5.74, 6) is 3.93. The van der Waals surface area contributed by atoms with Crippen LogP contribution in [-0.4, -0.2) is 38.7 Å². The molecule has 1 fully saturated rings. The first kappa shape index (κ1) is 21.8. The summed E-state index contributed by atoms with van der Waals surface area (Å²) in [6.45, 7) is 1.63. The van der Waals surface area contributed by atoms with Gasteiger partial charge >= 0.3 is 0 Å². The highest BCUT2D eigenvalue weighted by molar-refractivity contribution is 6.05. The maximum atomic E-state index is 15.0. The summed E-state index contributed by atoms with van der Waals surface area (Å²) in [5.41, 5.74) is 10.3. The lowest BCUT2D eigenvalue weighted by atomic mass is 9.75. The summed E-state index contributed by atoms with van der Waals surface area (Å²) < 4.78 is 21.7. The van der Waals surface area contributed by atoms with Crippen molar-refractivity contribution in [1.82, 2.24) is 20.0 Å². The van der Waals surface area contributed by atoms with Gasteiger partial charge in [-0.3, -0.25) is 15.3 Å². The average Bonchev–Trinajstić information content (AvgIpc) is 3.31. The van der Waals surface area contributed by atoms with Crippen molar-refractivity contribution in [2.24, 2.45) is 11.5 Å². The van der Waals surface area contributed by atoms with Gasteiger partial charge in [-0.1, -0.05) is 11.1 Å². The van der Waals surface area contributed by atoms with Crippen molar-refractivity contribution in [2.75, 3.05) is 7.05 Å². The Morgan fingerprint density at radius 3 is 2.71 bits per heavy atom. The van der Waals surface area contributed by atoms with Gasteiger partial charge in [-0.2, -0.15) is 0 Å². The van der Waals surface area contributed by atoms with Crippen LogP contribution in [0.3, 0.4) is 0 Å². The highest BCUT2D eigenvalue weighted by atomic mass is 19.1. The van der Waals surface area contributed by atoms with Gasteiger partial charge in [-0.15, -0.1) is 0 Å². The molecule has 2 aliphatic heterocycles. The van der Waals surface area contributed by atoms with Gasteiger partial charge < -0.3 is 25.2 Å². The minimum absolute atomic E-state index is 0.00893. The maximum Gasteiger partial charge on any atom is 0.270 e. The second-order valence-corrected chi connectivity index (χ2v) is 8.53. The Bertz CT molecular complexity index is 1420. The van der Waals surface area contributed by atoms with Gasteiger partial charge in [-0.25, -0.2) is 9.37 Å². The number of nitrogens with zero attached hydrogens (tertiary/aromatic N) is 3. The van der Waals surface area contributed by atoms with Crippen LogP contribution in [-0.2, 0) is 5.72 Å². The van der Waals surface area contributed by atoms with Crippen molar-refractivity contribution >= 4 is 11.8 Å². The summed E-state index contributed by atoms with van der Waals surface area (Å²) in [5, 5.41) is 16.7. The van der Waals surface area contributed by atoms with Gasteiger partial charge in [0.05, 0.1) is 5.56 Å². The van der Waals surface area contributed by atoms with Crippen LogP contribution in [0.25, 0.3) is 11.4 Å². The Balaban J connectivity index is 1.67. The highest BCUT2D eigenvalue weighted by Crippen LogP contribution is 2.53. The number of nitrogens with one attached hydrogen (secondary N) is 1. The molecule has 3 aliphatic rings. The SMILES string of the molecule is CNC(=O)c1c(C(N)=O)nc2n1C1CC(C1)c1cc(F)c(C#CC(N)(O)c3cc(C)on3)cc1-2. The second-order valence-electron chi connectivity index (χ2n) is 8.53. The van der Waals surface area contributed by atoms with Crippen LogP contribution >= 0.6 is 0 Å². The van der Waals surface area contributed by atoms with Crippen LogP contribution in [0.5, 0.6) is 0 Å². The lowest BCUT2D eigenvalue weighted by Crippen LogP contribution is -2.35. The number of rotatable bonds is 3. The van der Waals surface area contributed by atoms with Crippen molar-refractivity contribution in [1.29, 1.82) is 0 Å². The molecule has 11 heteroatoms. The van der Waals surface area contributed by atoms with Crippen LogP contribution in [0.4, 0.5) is 4.39 Å². The largest absolute Gasteiger partial charge is 0.364 e. The second kappa shape index (κ2) is 7.51. The molecule has 10 nitrogen and oxygen atoms in total. The van der Waals surface area contributed by atoms with E-state index in [4.69, 9.17) is 16.0 Å². The molecule has 2 aromatic heterocycles. The molecule has 0 radical (unpaired) electrons. The summed E-state index contributed by atoms with van der Waals surface area (Å²) in [6, 6.07) is 4.21. The molecule has 1 aliphatic carbocycles. The number of imidazole rings is 1. The number of aryl methyl sites for hydroxylation is 1. The van der Waals surface area contributed by atoms with Gasteiger partial charge in [-0.05, 0) is 49.3 Å². The zero-order valence-corrected chi connectivity index (χ0v) is 18.3. The van der Waals surface area contributed by atoms with Gasteiger partial charge in [0.1, 0.15) is 28.8 Å². The summed E-state index contributed by atoms with van der Waals surface area (Å²) >= 11 is 0. The van der Waals surface area contributed by atoms with Gasteiger partial charge in [0.25, 0.3) is 11.8 Å². The molecular formula is C23H21FN6O4. The zero-order chi connectivity index (χ0) is 24.4. The monoisotopic (exact) mass is 464 g/mol. The van der Waals surface area contributed by atoms with E-state index in [2.05, 4.69) is 27.3 Å². The van der Waals surface area contributed by atoms with Crippen LogP contribution in [0.1, 0.15) is 68.4 Å². The van der Waals surface area contributed by atoms with Gasteiger partial charge in [0, 0.05) is 24.7 Å². The van der Waals surface area contributed by atoms with Crippen LogP contribution in [0.15, 0.2) is 22.7 Å². The highest BCUT2D eigenvalue weighted by Gasteiger charge is 2.42. The first-order chi connectivity index (χ1) is 16.1. The molecule has 1 atom stereocenters. The Morgan fingerprint density at radius 1 is 1.35 bits per heavy atom. The predicted molar refractivity (Wildman–Crippen MR) is 117 cm³/mol. The van der Waals surface area contributed by atoms with Crippen molar-refractivity contribution < 1.29 is 23.6 Å². The molecule has 3 aromatic rings. The van der Waals surface area contributed by atoms with Crippen molar-refractivity contribution in [3.63, 3.8) is 0 Å². The number of nitrogens with two attached hydrogens (primary N) is 2. The minimum Gasteiger partial charge on any atom is -0.364 e. The van der Waals surface area contributed by atoms with Crippen LogP contribution in [0.2, 0.25) is 0 Å². The number of amides is 2. The Hall–Kier alpha value is -4.01. The number of aliphatic hydroxyl groups is 1. The molecule has 1 saturated carbocycles. The zero-order valence-electron chi connectivity index (χ0n) is 18.3. The quantitative estimate of drug-likeness (QED) is 0.332. The lowest BCUT2D eigenvalue weighted by molar-refractivity contribution is 0.0928. The van der Waals surface area contributed by atoms with E-state index in [1.807, 2.05) is 0 Å². The molecule has 1 unspecified atom stereocenters. The van der Waals surface area contributed by atoms with E-state index in [0.29, 0.717) is 35.6 Å². The first-order valence-corrected chi connectivity index (χ1v) is 10.6. The van der Waals surface area contributed by atoms with Crippen LogP contribution < -0.4 is 16.8 Å². The number of aromatic nitrogens is 3.